The maximum absolute atomic E-state index is 13.3. The topological polar surface area (TPSA) is 18.5 Å². The summed E-state index contributed by atoms with van der Waals surface area (Å²) in [7, 11) is 0. The van der Waals surface area contributed by atoms with Gasteiger partial charge in [0.15, 0.2) is 11.5 Å². The minimum absolute atomic E-state index is 0.354. The van der Waals surface area contributed by atoms with Crippen molar-refractivity contribution >= 4 is 11.6 Å². The van der Waals surface area contributed by atoms with Crippen molar-refractivity contribution in [1.82, 2.24) is 0 Å². The van der Waals surface area contributed by atoms with Crippen LogP contribution in [0.2, 0.25) is 5.02 Å². The maximum atomic E-state index is 13.3. The molecule has 18 heavy (non-hydrogen) atoms. The number of benzene rings is 2. The Labute approximate surface area is 109 Å². The summed E-state index contributed by atoms with van der Waals surface area (Å²) in [5.74, 6) is 1.04. The fourth-order valence-electron chi connectivity index (χ4n) is 1.94. The molecule has 4 heteroatoms. The molecular formula is C14H10ClFO2. The van der Waals surface area contributed by atoms with Gasteiger partial charge >= 0.3 is 0 Å². The Morgan fingerprint density at radius 3 is 2.44 bits per heavy atom. The molecular weight excluding hydrogens is 255 g/mol. The van der Waals surface area contributed by atoms with E-state index < -0.39 is 0 Å². The van der Waals surface area contributed by atoms with Gasteiger partial charge in [0.05, 0.1) is 0 Å². The fourth-order valence-corrected chi connectivity index (χ4v) is 2.17. The van der Waals surface area contributed by atoms with Crippen molar-refractivity contribution in [1.29, 1.82) is 0 Å². The number of ether oxygens (including phenoxy) is 2. The normalized spacial score (nSPS) is 13.4. The highest BCUT2D eigenvalue weighted by atomic mass is 35.5. The third-order valence-electron chi connectivity index (χ3n) is 2.74. The lowest BCUT2D eigenvalue weighted by Crippen LogP contribution is -2.15. The molecule has 2 aromatic rings. The summed E-state index contributed by atoms with van der Waals surface area (Å²) in [5.41, 5.74) is 1.57. The summed E-state index contributed by atoms with van der Waals surface area (Å²) in [6.07, 6.45) is 0. The molecule has 0 saturated carbocycles. The number of halogens is 2. The predicted octanol–water partition coefficient (Wildman–Crippen LogP) is 3.92. The minimum Gasteiger partial charge on any atom is -0.486 e. The van der Waals surface area contributed by atoms with Gasteiger partial charge in [0.25, 0.3) is 0 Å². The average Bonchev–Trinajstić information content (AvgIpc) is 2.37. The van der Waals surface area contributed by atoms with E-state index in [9.17, 15) is 4.39 Å². The molecule has 3 rings (SSSR count). The van der Waals surface area contributed by atoms with Crippen LogP contribution in [0.1, 0.15) is 0 Å². The average molecular weight is 265 g/mol. The molecule has 0 aromatic heterocycles. The molecule has 1 heterocycles. The second-order valence-electron chi connectivity index (χ2n) is 4.02. The molecule has 92 valence electrons. The molecule has 0 radical (unpaired) electrons. The highest BCUT2D eigenvalue weighted by Gasteiger charge is 2.12. The molecule has 0 amide bonds. The summed E-state index contributed by atoms with van der Waals surface area (Å²) >= 11 is 5.85. The van der Waals surface area contributed by atoms with E-state index in [1.807, 2.05) is 18.2 Å². The third kappa shape index (κ3) is 2.14. The largest absolute Gasteiger partial charge is 0.486 e. The van der Waals surface area contributed by atoms with E-state index >= 15 is 0 Å². The number of hydrogen-bond acceptors (Lipinski definition) is 2. The molecule has 0 atom stereocenters. The van der Waals surface area contributed by atoms with Gasteiger partial charge in [-0.2, -0.15) is 0 Å². The second kappa shape index (κ2) is 4.50. The predicted molar refractivity (Wildman–Crippen MR) is 67.8 cm³/mol. The van der Waals surface area contributed by atoms with Crippen LogP contribution in [-0.2, 0) is 0 Å². The number of hydrogen-bond donors (Lipinski definition) is 0. The Kier molecular flexibility index (Phi) is 2.84. The van der Waals surface area contributed by atoms with Gasteiger partial charge in [-0.25, -0.2) is 4.39 Å². The Morgan fingerprint density at radius 1 is 0.889 bits per heavy atom. The zero-order valence-corrected chi connectivity index (χ0v) is 10.2. The lowest BCUT2D eigenvalue weighted by Gasteiger charge is -2.19. The number of fused-ring (bicyclic) bond motifs is 1. The van der Waals surface area contributed by atoms with Crippen molar-refractivity contribution in [2.24, 2.45) is 0 Å². The zero-order chi connectivity index (χ0) is 12.5. The Bertz CT molecular complexity index is 578. The van der Waals surface area contributed by atoms with Crippen molar-refractivity contribution in [2.75, 3.05) is 13.2 Å². The Balaban J connectivity index is 2.06. The summed E-state index contributed by atoms with van der Waals surface area (Å²) in [5, 5.41) is 0.375. The van der Waals surface area contributed by atoms with Crippen molar-refractivity contribution < 1.29 is 13.9 Å². The van der Waals surface area contributed by atoms with E-state index in [0.29, 0.717) is 29.7 Å². The number of rotatable bonds is 1. The van der Waals surface area contributed by atoms with Gasteiger partial charge < -0.3 is 9.47 Å². The van der Waals surface area contributed by atoms with E-state index in [2.05, 4.69) is 0 Å². The highest BCUT2D eigenvalue weighted by Crippen LogP contribution is 2.35. The van der Waals surface area contributed by atoms with Gasteiger partial charge in [-0.05, 0) is 41.5 Å². The van der Waals surface area contributed by atoms with Crippen LogP contribution in [0.15, 0.2) is 36.4 Å². The van der Waals surface area contributed by atoms with Gasteiger partial charge in [-0.3, -0.25) is 0 Å². The summed E-state index contributed by atoms with van der Waals surface area (Å²) in [4.78, 5) is 0. The van der Waals surface area contributed by atoms with Crippen LogP contribution >= 0.6 is 11.6 Å². The Morgan fingerprint density at radius 2 is 1.67 bits per heavy atom. The van der Waals surface area contributed by atoms with Gasteiger partial charge in [-0.1, -0.05) is 17.7 Å². The van der Waals surface area contributed by atoms with Crippen molar-refractivity contribution in [3.8, 4) is 22.6 Å². The van der Waals surface area contributed by atoms with E-state index in [-0.39, 0.29) is 5.82 Å². The van der Waals surface area contributed by atoms with Crippen LogP contribution in [0.4, 0.5) is 4.39 Å². The van der Waals surface area contributed by atoms with Gasteiger partial charge in [0.1, 0.15) is 19.0 Å². The van der Waals surface area contributed by atoms with Crippen LogP contribution in [-0.4, -0.2) is 13.2 Å². The van der Waals surface area contributed by atoms with Crippen LogP contribution in [0, 0.1) is 5.82 Å². The van der Waals surface area contributed by atoms with E-state index in [1.165, 1.54) is 12.1 Å². The monoisotopic (exact) mass is 264 g/mol. The van der Waals surface area contributed by atoms with Gasteiger partial charge in [0, 0.05) is 5.02 Å². The molecule has 0 bridgehead atoms. The van der Waals surface area contributed by atoms with Gasteiger partial charge in [0.2, 0.25) is 0 Å². The fraction of sp³-hybridized carbons (Fsp3) is 0.143. The third-order valence-corrected chi connectivity index (χ3v) is 2.96. The lowest BCUT2D eigenvalue weighted by atomic mass is 10.0. The minimum atomic E-state index is -0.354. The molecule has 0 saturated heterocycles. The SMILES string of the molecule is Fc1cc(Cl)cc(-c2ccc3c(c2)OCCO3)c1. The molecule has 0 fully saturated rings. The zero-order valence-electron chi connectivity index (χ0n) is 9.45. The molecule has 2 aromatic carbocycles. The standard InChI is InChI=1S/C14H10ClFO2/c15-11-5-10(6-12(16)8-11)9-1-2-13-14(7-9)18-4-3-17-13/h1-2,5-8H,3-4H2. The van der Waals surface area contributed by atoms with Crippen molar-refractivity contribution in [2.45, 2.75) is 0 Å². The first-order chi connectivity index (χ1) is 8.72. The smallest absolute Gasteiger partial charge is 0.161 e. The van der Waals surface area contributed by atoms with E-state index in [0.717, 1.165) is 11.1 Å². The van der Waals surface area contributed by atoms with Crippen LogP contribution in [0.5, 0.6) is 11.5 Å². The molecule has 1 aliphatic rings. The van der Waals surface area contributed by atoms with Crippen LogP contribution < -0.4 is 9.47 Å². The lowest BCUT2D eigenvalue weighted by molar-refractivity contribution is 0.171. The maximum Gasteiger partial charge on any atom is 0.161 e. The van der Waals surface area contributed by atoms with Crippen molar-refractivity contribution in [3.63, 3.8) is 0 Å². The van der Waals surface area contributed by atoms with E-state index in [4.69, 9.17) is 21.1 Å². The first kappa shape index (κ1) is 11.4. The van der Waals surface area contributed by atoms with Crippen LogP contribution in [0.3, 0.4) is 0 Å². The summed E-state index contributed by atoms with van der Waals surface area (Å²) < 4.78 is 24.2. The summed E-state index contributed by atoms with van der Waals surface area (Å²) in [6.45, 7) is 1.08. The van der Waals surface area contributed by atoms with E-state index in [1.54, 1.807) is 6.07 Å². The van der Waals surface area contributed by atoms with Crippen molar-refractivity contribution in [3.05, 3.63) is 47.2 Å². The first-order valence-electron chi connectivity index (χ1n) is 5.58. The molecule has 2 nitrogen and oxygen atoms in total. The molecule has 0 unspecified atom stereocenters. The van der Waals surface area contributed by atoms with Gasteiger partial charge in [-0.15, -0.1) is 0 Å². The molecule has 0 aliphatic carbocycles. The highest BCUT2D eigenvalue weighted by molar-refractivity contribution is 6.30. The first-order valence-corrected chi connectivity index (χ1v) is 5.96. The quantitative estimate of drug-likeness (QED) is 0.777. The summed E-state index contributed by atoms with van der Waals surface area (Å²) in [6, 6.07) is 9.96. The Hall–Kier alpha value is -1.74. The molecule has 1 aliphatic heterocycles. The molecule has 0 N–H and O–H groups in total. The molecule has 0 spiro atoms. The van der Waals surface area contributed by atoms with Crippen LogP contribution in [0.25, 0.3) is 11.1 Å². The second-order valence-corrected chi connectivity index (χ2v) is 4.45.